The van der Waals surface area contributed by atoms with E-state index in [1.807, 2.05) is 0 Å². The summed E-state index contributed by atoms with van der Waals surface area (Å²) in [5.41, 5.74) is 1.23. The van der Waals surface area contributed by atoms with Crippen molar-refractivity contribution in [1.82, 2.24) is 4.90 Å². The molecule has 4 heteroatoms. The maximum Gasteiger partial charge on any atom is 0.306 e. The zero-order valence-corrected chi connectivity index (χ0v) is 15.6. The Morgan fingerprint density at radius 2 is 1.92 bits per heavy atom. The standard InChI is InChI=1S/C22H29NO3/c1-2-3-6-15-26-21-10-9-17-7-4-5-8-19(17)20(21)16-23-13-11-18(12-14-23)22(24)25/h4-5,7-10,18H,2-3,6,11-16H2,1H3,(H,24,25). The number of aliphatic carboxylic acids is 1. The SMILES string of the molecule is CCCCCOc1ccc2ccccc2c1CN1CCC(C(=O)O)CC1. The van der Waals surface area contributed by atoms with E-state index in [9.17, 15) is 9.90 Å². The summed E-state index contributed by atoms with van der Waals surface area (Å²) in [6.45, 7) is 5.42. The highest BCUT2D eigenvalue weighted by Crippen LogP contribution is 2.31. The van der Waals surface area contributed by atoms with E-state index in [0.717, 1.165) is 51.3 Å². The Morgan fingerprint density at radius 3 is 2.65 bits per heavy atom. The molecule has 1 saturated heterocycles. The minimum atomic E-state index is -0.658. The number of hydrogen-bond donors (Lipinski definition) is 1. The lowest BCUT2D eigenvalue weighted by Crippen LogP contribution is -2.36. The van der Waals surface area contributed by atoms with Crippen LogP contribution in [0, 0.1) is 5.92 Å². The summed E-state index contributed by atoms with van der Waals surface area (Å²) >= 11 is 0. The zero-order valence-electron chi connectivity index (χ0n) is 15.6. The molecule has 1 N–H and O–H groups in total. The van der Waals surface area contributed by atoms with Crippen LogP contribution in [0.2, 0.25) is 0 Å². The van der Waals surface area contributed by atoms with Crippen LogP contribution in [-0.2, 0) is 11.3 Å². The number of carbonyl (C=O) groups is 1. The molecule has 4 nitrogen and oxygen atoms in total. The number of benzene rings is 2. The third kappa shape index (κ3) is 4.55. The summed E-state index contributed by atoms with van der Waals surface area (Å²) in [4.78, 5) is 13.5. The Balaban J connectivity index is 1.77. The van der Waals surface area contributed by atoms with Crippen molar-refractivity contribution >= 4 is 16.7 Å². The van der Waals surface area contributed by atoms with Crippen LogP contribution >= 0.6 is 0 Å². The van der Waals surface area contributed by atoms with E-state index in [1.54, 1.807) is 0 Å². The molecule has 0 aliphatic carbocycles. The third-order valence-corrected chi connectivity index (χ3v) is 5.32. The smallest absolute Gasteiger partial charge is 0.306 e. The molecule has 1 heterocycles. The first-order valence-electron chi connectivity index (χ1n) is 9.77. The average molecular weight is 355 g/mol. The molecule has 1 fully saturated rings. The molecular formula is C22H29NO3. The van der Waals surface area contributed by atoms with E-state index in [4.69, 9.17) is 4.74 Å². The summed E-state index contributed by atoms with van der Waals surface area (Å²) in [6, 6.07) is 12.7. The molecule has 0 amide bonds. The Kier molecular flexibility index (Phi) is 6.51. The molecule has 0 atom stereocenters. The number of unbranched alkanes of at least 4 members (excludes halogenated alkanes) is 2. The molecule has 0 spiro atoms. The summed E-state index contributed by atoms with van der Waals surface area (Å²) in [5.74, 6) is 0.124. The molecule has 26 heavy (non-hydrogen) atoms. The van der Waals surface area contributed by atoms with Gasteiger partial charge in [0.05, 0.1) is 12.5 Å². The number of hydrogen-bond acceptors (Lipinski definition) is 3. The second-order valence-electron chi connectivity index (χ2n) is 7.21. The number of likely N-dealkylation sites (tertiary alicyclic amines) is 1. The fourth-order valence-corrected chi connectivity index (χ4v) is 3.71. The largest absolute Gasteiger partial charge is 0.493 e. The maximum absolute atomic E-state index is 11.2. The van der Waals surface area contributed by atoms with E-state index in [-0.39, 0.29) is 5.92 Å². The van der Waals surface area contributed by atoms with Gasteiger partial charge in [-0.3, -0.25) is 9.69 Å². The number of rotatable bonds is 8. The molecule has 140 valence electrons. The zero-order chi connectivity index (χ0) is 18.4. The minimum Gasteiger partial charge on any atom is -0.493 e. The van der Waals surface area contributed by atoms with Gasteiger partial charge in [-0.2, -0.15) is 0 Å². The van der Waals surface area contributed by atoms with E-state index in [2.05, 4.69) is 48.2 Å². The number of piperidine rings is 1. The van der Waals surface area contributed by atoms with Gasteiger partial charge < -0.3 is 9.84 Å². The van der Waals surface area contributed by atoms with Crippen LogP contribution in [0.5, 0.6) is 5.75 Å². The summed E-state index contributed by atoms with van der Waals surface area (Å²) in [5, 5.41) is 11.7. The number of carboxylic acids is 1. The Labute approximate surface area is 155 Å². The van der Waals surface area contributed by atoms with Crippen LogP contribution < -0.4 is 4.74 Å². The lowest BCUT2D eigenvalue weighted by atomic mass is 9.96. The second kappa shape index (κ2) is 9.04. The number of fused-ring (bicyclic) bond motifs is 1. The van der Waals surface area contributed by atoms with Crippen molar-refractivity contribution in [2.75, 3.05) is 19.7 Å². The van der Waals surface area contributed by atoms with Gasteiger partial charge in [0.2, 0.25) is 0 Å². The van der Waals surface area contributed by atoms with Crippen LogP contribution in [0.3, 0.4) is 0 Å². The lowest BCUT2D eigenvalue weighted by Gasteiger charge is -2.31. The van der Waals surface area contributed by atoms with Crippen LogP contribution in [0.25, 0.3) is 10.8 Å². The van der Waals surface area contributed by atoms with E-state index >= 15 is 0 Å². The molecule has 0 unspecified atom stereocenters. The Morgan fingerprint density at radius 1 is 1.15 bits per heavy atom. The first-order valence-corrected chi connectivity index (χ1v) is 9.77. The molecule has 0 radical (unpaired) electrons. The van der Waals surface area contributed by atoms with Gasteiger partial charge in [0.25, 0.3) is 0 Å². The maximum atomic E-state index is 11.2. The molecular weight excluding hydrogens is 326 g/mol. The van der Waals surface area contributed by atoms with E-state index < -0.39 is 5.97 Å². The first-order chi connectivity index (χ1) is 12.7. The second-order valence-corrected chi connectivity index (χ2v) is 7.21. The lowest BCUT2D eigenvalue weighted by molar-refractivity contribution is -0.143. The van der Waals surface area contributed by atoms with Gasteiger partial charge in [0, 0.05) is 12.1 Å². The minimum absolute atomic E-state index is 0.191. The molecule has 0 saturated carbocycles. The van der Waals surface area contributed by atoms with Crippen molar-refractivity contribution in [3.05, 3.63) is 42.0 Å². The summed E-state index contributed by atoms with van der Waals surface area (Å²) < 4.78 is 6.13. The van der Waals surface area contributed by atoms with Crippen LogP contribution in [-0.4, -0.2) is 35.7 Å². The van der Waals surface area contributed by atoms with E-state index in [0.29, 0.717) is 0 Å². The number of carboxylic acid groups (broad SMARTS) is 1. The molecule has 0 bridgehead atoms. The Bertz CT molecular complexity index is 735. The fraction of sp³-hybridized carbons (Fsp3) is 0.500. The average Bonchev–Trinajstić information content (AvgIpc) is 2.67. The van der Waals surface area contributed by atoms with Gasteiger partial charge in [0.1, 0.15) is 5.75 Å². The quantitative estimate of drug-likeness (QED) is 0.697. The van der Waals surface area contributed by atoms with Gasteiger partial charge in [-0.25, -0.2) is 0 Å². The highest BCUT2D eigenvalue weighted by atomic mass is 16.5. The summed E-state index contributed by atoms with van der Waals surface area (Å²) in [7, 11) is 0. The van der Waals surface area contributed by atoms with Crippen molar-refractivity contribution in [3.8, 4) is 5.75 Å². The first kappa shape index (κ1) is 18.7. The van der Waals surface area contributed by atoms with Crippen molar-refractivity contribution in [3.63, 3.8) is 0 Å². The predicted molar refractivity (Wildman–Crippen MR) is 105 cm³/mol. The van der Waals surface area contributed by atoms with Crippen LogP contribution in [0.15, 0.2) is 36.4 Å². The normalized spacial score (nSPS) is 16.0. The van der Waals surface area contributed by atoms with Gasteiger partial charge in [-0.1, -0.05) is 50.1 Å². The molecule has 2 aromatic rings. The number of nitrogens with zero attached hydrogens (tertiary/aromatic N) is 1. The molecule has 2 aromatic carbocycles. The fourth-order valence-electron chi connectivity index (χ4n) is 3.71. The highest BCUT2D eigenvalue weighted by molar-refractivity contribution is 5.87. The van der Waals surface area contributed by atoms with Crippen molar-refractivity contribution in [2.45, 2.75) is 45.6 Å². The van der Waals surface area contributed by atoms with Crippen LogP contribution in [0.4, 0.5) is 0 Å². The highest BCUT2D eigenvalue weighted by Gasteiger charge is 2.25. The Hall–Kier alpha value is -2.07. The van der Waals surface area contributed by atoms with Gasteiger partial charge >= 0.3 is 5.97 Å². The number of ether oxygens (including phenoxy) is 1. The van der Waals surface area contributed by atoms with Gasteiger partial charge in [0.15, 0.2) is 0 Å². The molecule has 3 rings (SSSR count). The molecule has 1 aliphatic rings. The van der Waals surface area contributed by atoms with Gasteiger partial charge in [-0.15, -0.1) is 0 Å². The molecule has 1 aliphatic heterocycles. The summed E-state index contributed by atoms with van der Waals surface area (Å²) in [6.07, 6.45) is 4.91. The van der Waals surface area contributed by atoms with Crippen molar-refractivity contribution in [1.29, 1.82) is 0 Å². The monoisotopic (exact) mass is 355 g/mol. The topological polar surface area (TPSA) is 49.8 Å². The van der Waals surface area contributed by atoms with E-state index in [1.165, 1.54) is 29.2 Å². The van der Waals surface area contributed by atoms with Gasteiger partial charge in [-0.05, 0) is 49.2 Å². The van der Waals surface area contributed by atoms with Crippen molar-refractivity contribution in [2.24, 2.45) is 5.92 Å². The van der Waals surface area contributed by atoms with Crippen molar-refractivity contribution < 1.29 is 14.6 Å². The molecule has 0 aromatic heterocycles. The van der Waals surface area contributed by atoms with Crippen LogP contribution in [0.1, 0.15) is 44.6 Å². The third-order valence-electron chi connectivity index (χ3n) is 5.32. The predicted octanol–water partition coefficient (Wildman–Crippen LogP) is 4.71.